The monoisotopic (exact) mass is 243 g/mol. The molecule has 1 N–H and O–H groups in total. The zero-order valence-corrected chi connectivity index (χ0v) is 11.5. The van der Waals surface area contributed by atoms with Crippen molar-refractivity contribution in [2.75, 3.05) is 32.8 Å². The zero-order valence-electron chi connectivity index (χ0n) is 11.5. The quantitative estimate of drug-likeness (QED) is 0.664. The summed E-state index contributed by atoms with van der Waals surface area (Å²) in [4.78, 5) is 2.30. The lowest BCUT2D eigenvalue weighted by atomic mass is 9.85. The number of likely N-dealkylation sites (N-methyl/N-ethyl adjacent to an activating group) is 1. The molecular weight excluding hydrogens is 214 g/mol. The van der Waals surface area contributed by atoms with Crippen molar-refractivity contribution >= 4 is 0 Å². The number of aliphatic hydroxyl groups excluding tert-OH is 1. The molecule has 0 aromatic carbocycles. The second-order valence-corrected chi connectivity index (χ2v) is 5.06. The van der Waals surface area contributed by atoms with Crippen molar-refractivity contribution in [1.29, 1.82) is 0 Å². The summed E-state index contributed by atoms with van der Waals surface area (Å²) in [6.45, 7) is 8.48. The molecule has 1 aliphatic carbocycles. The van der Waals surface area contributed by atoms with Gasteiger partial charge in [-0.2, -0.15) is 0 Å². The van der Waals surface area contributed by atoms with E-state index in [0.29, 0.717) is 5.92 Å². The summed E-state index contributed by atoms with van der Waals surface area (Å²) in [7, 11) is 0. The first-order valence-electron chi connectivity index (χ1n) is 7.26. The summed E-state index contributed by atoms with van der Waals surface area (Å²) in [5.41, 5.74) is 0. The van der Waals surface area contributed by atoms with Crippen molar-refractivity contribution in [3.63, 3.8) is 0 Å². The Balaban J connectivity index is 2.22. The molecule has 1 saturated carbocycles. The normalized spacial score (nSPS) is 19.8. The Morgan fingerprint density at radius 2 is 1.94 bits per heavy atom. The molecule has 102 valence electrons. The lowest BCUT2D eigenvalue weighted by Crippen LogP contribution is -2.38. The second kappa shape index (κ2) is 8.90. The first-order chi connectivity index (χ1) is 8.27. The molecule has 0 radical (unpaired) electrons. The van der Waals surface area contributed by atoms with Crippen LogP contribution in [0.3, 0.4) is 0 Å². The van der Waals surface area contributed by atoms with Gasteiger partial charge < -0.3 is 9.84 Å². The standard InChI is InChI=1S/C14H29NO2/c1-3-15(10-11-17-4-2)12-14(16)13-8-6-5-7-9-13/h13-14,16H,3-12H2,1-2H3. The van der Waals surface area contributed by atoms with Crippen LogP contribution in [0.5, 0.6) is 0 Å². The minimum Gasteiger partial charge on any atom is -0.392 e. The molecule has 1 rings (SSSR count). The molecule has 0 aromatic rings. The van der Waals surface area contributed by atoms with Crippen molar-refractivity contribution < 1.29 is 9.84 Å². The Bertz CT molecular complexity index is 181. The number of nitrogens with zero attached hydrogens (tertiary/aromatic N) is 1. The van der Waals surface area contributed by atoms with Crippen LogP contribution in [0.4, 0.5) is 0 Å². The van der Waals surface area contributed by atoms with Crippen LogP contribution in [0.25, 0.3) is 0 Å². The average Bonchev–Trinajstić information content (AvgIpc) is 2.38. The maximum atomic E-state index is 10.2. The van der Waals surface area contributed by atoms with E-state index < -0.39 is 0 Å². The third kappa shape index (κ3) is 5.84. The molecule has 0 bridgehead atoms. The first-order valence-corrected chi connectivity index (χ1v) is 7.26. The third-order valence-corrected chi connectivity index (χ3v) is 3.84. The first kappa shape index (κ1) is 14.9. The van der Waals surface area contributed by atoms with E-state index in [1.807, 2.05) is 6.92 Å². The van der Waals surface area contributed by atoms with Crippen LogP contribution in [0.2, 0.25) is 0 Å². The molecular formula is C14H29NO2. The Labute approximate surface area is 106 Å². The zero-order chi connectivity index (χ0) is 12.5. The smallest absolute Gasteiger partial charge is 0.0695 e. The van der Waals surface area contributed by atoms with Gasteiger partial charge in [0, 0.05) is 19.7 Å². The van der Waals surface area contributed by atoms with Crippen molar-refractivity contribution in [2.45, 2.75) is 52.1 Å². The van der Waals surface area contributed by atoms with Gasteiger partial charge in [-0.05, 0) is 32.2 Å². The van der Waals surface area contributed by atoms with Crippen LogP contribution in [0, 0.1) is 5.92 Å². The molecule has 0 aliphatic heterocycles. The fourth-order valence-corrected chi connectivity index (χ4v) is 2.65. The summed E-state index contributed by atoms with van der Waals surface area (Å²) in [6, 6.07) is 0. The fourth-order valence-electron chi connectivity index (χ4n) is 2.65. The fraction of sp³-hybridized carbons (Fsp3) is 1.00. The van der Waals surface area contributed by atoms with E-state index in [0.717, 1.165) is 32.8 Å². The molecule has 0 aromatic heterocycles. The predicted octanol–water partition coefficient (Wildman–Crippen LogP) is 2.29. The highest BCUT2D eigenvalue weighted by Crippen LogP contribution is 2.26. The van der Waals surface area contributed by atoms with Crippen LogP contribution in [0.15, 0.2) is 0 Å². The largest absolute Gasteiger partial charge is 0.392 e. The van der Waals surface area contributed by atoms with Crippen LogP contribution in [0.1, 0.15) is 46.0 Å². The summed E-state index contributed by atoms with van der Waals surface area (Å²) < 4.78 is 5.37. The number of ether oxygens (including phenoxy) is 1. The van der Waals surface area contributed by atoms with Crippen molar-refractivity contribution in [2.24, 2.45) is 5.92 Å². The van der Waals surface area contributed by atoms with Gasteiger partial charge in [0.05, 0.1) is 12.7 Å². The van der Waals surface area contributed by atoms with Gasteiger partial charge in [0.1, 0.15) is 0 Å². The van der Waals surface area contributed by atoms with Crippen molar-refractivity contribution in [3.05, 3.63) is 0 Å². The molecule has 0 heterocycles. The van der Waals surface area contributed by atoms with Crippen LogP contribution in [-0.2, 0) is 4.74 Å². The van der Waals surface area contributed by atoms with Crippen LogP contribution in [-0.4, -0.2) is 49.0 Å². The maximum absolute atomic E-state index is 10.2. The van der Waals surface area contributed by atoms with E-state index in [4.69, 9.17) is 4.74 Å². The number of hydrogen-bond donors (Lipinski definition) is 1. The summed E-state index contributed by atoms with van der Waals surface area (Å²) in [5, 5.41) is 10.2. The summed E-state index contributed by atoms with van der Waals surface area (Å²) in [6.07, 6.45) is 6.23. The molecule has 1 aliphatic rings. The Hall–Kier alpha value is -0.120. The molecule has 3 nitrogen and oxygen atoms in total. The minimum absolute atomic E-state index is 0.142. The summed E-state index contributed by atoms with van der Waals surface area (Å²) in [5.74, 6) is 0.532. The third-order valence-electron chi connectivity index (χ3n) is 3.84. The molecule has 0 spiro atoms. The van der Waals surface area contributed by atoms with Gasteiger partial charge in [-0.3, -0.25) is 4.90 Å². The number of hydrogen-bond acceptors (Lipinski definition) is 3. The molecule has 1 atom stereocenters. The van der Waals surface area contributed by atoms with E-state index in [1.54, 1.807) is 0 Å². The Kier molecular flexibility index (Phi) is 7.82. The highest BCUT2D eigenvalue weighted by molar-refractivity contribution is 4.75. The van der Waals surface area contributed by atoms with E-state index in [9.17, 15) is 5.11 Å². The lowest BCUT2D eigenvalue weighted by Gasteiger charge is -2.30. The second-order valence-electron chi connectivity index (χ2n) is 5.06. The number of aliphatic hydroxyl groups is 1. The van der Waals surface area contributed by atoms with Crippen molar-refractivity contribution in [3.8, 4) is 0 Å². The minimum atomic E-state index is -0.142. The predicted molar refractivity (Wildman–Crippen MR) is 71.2 cm³/mol. The highest BCUT2D eigenvalue weighted by Gasteiger charge is 2.23. The maximum Gasteiger partial charge on any atom is 0.0695 e. The van der Waals surface area contributed by atoms with Gasteiger partial charge in [-0.1, -0.05) is 26.2 Å². The topological polar surface area (TPSA) is 32.7 Å². The Morgan fingerprint density at radius 1 is 1.24 bits per heavy atom. The van der Waals surface area contributed by atoms with Crippen LogP contribution >= 0.6 is 0 Å². The van der Waals surface area contributed by atoms with E-state index >= 15 is 0 Å². The molecule has 3 heteroatoms. The van der Waals surface area contributed by atoms with E-state index in [1.165, 1.54) is 32.1 Å². The van der Waals surface area contributed by atoms with Gasteiger partial charge in [-0.25, -0.2) is 0 Å². The van der Waals surface area contributed by atoms with E-state index in [-0.39, 0.29) is 6.10 Å². The van der Waals surface area contributed by atoms with Gasteiger partial charge in [0.2, 0.25) is 0 Å². The summed E-state index contributed by atoms with van der Waals surface area (Å²) >= 11 is 0. The molecule has 0 saturated heterocycles. The van der Waals surface area contributed by atoms with E-state index in [2.05, 4.69) is 11.8 Å². The highest BCUT2D eigenvalue weighted by atomic mass is 16.5. The SMILES string of the molecule is CCOCCN(CC)CC(O)C1CCCCC1. The van der Waals surface area contributed by atoms with Gasteiger partial charge in [0.25, 0.3) is 0 Å². The van der Waals surface area contributed by atoms with Gasteiger partial charge >= 0.3 is 0 Å². The molecule has 1 unspecified atom stereocenters. The molecule has 0 amide bonds. The molecule has 17 heavy (non-hydrogen) atoms. The average molecular weight is 243 g/mol. The van der Waals surface area contributed by atoms with Gasteiger partial charge in [-0.15, -0.1) is 0 Å². The molecule has 1 fully saturated rings. The lowest BCUT2D eigenvalue weighted by molar-refractivity contribution is 0.0370. The number of rotatable bonds is 8. The van der Waals surface area contributed by atoms with Crippen LogP contribution < -0.4 is 0 Å². The Morgan fingerprint density at radius 3 is 2.53 bits per heavy atom. The van der Waals surface area contributed by atoms with Crippen molar-refractivity contribution in [1.82, 2.24) is 4.90 Å². The van der Waals surface area contributed by atoms with Gasteiger partial charge in [0.15, 0.2) is 0 Å².